The highest BCUT2D eigenvalue weighted by Gasteiger charge is 2.22. The average Bonchev–Trinajstić information content (AvgIpc) is 3.33. The first-order chi connectivity index (χ1) is 15.9. The van der Waals surface area contributed by atoms with E-state index in [0.29, 0.717) is 23.5 Å². The summed E-state index contributed by atoms with van der Waals surface area (Å²) in [5.41, 5.74) is 2.49. The highest BCUT2D eigenvalue weighted by Crippen LogP contribution is 2.12. The van der Waals surface area contributed by atoms with Gasteiger partial charge in [0.1, 0.15) is 6.04 Å². The van der Waals surface area contributed by atoms with Crippen LogP contribution in [-0.2, 0) is 17.8 Å². The van der Waals surface area contributed by atoms with E-state index in [9.17, 15) is 14.4 Å². The number of carbonyl (C=O) groups excluding carboxylic acids is 3. The molecule has 0 aliphatic heterocycles. The van der Waals surface area contributed by atoms with Crippen LogP contribution in [0.5, 0.6) is 0 Å². The minimum atomic E-state index is -0.706. The van der Waals surface area contributed by atoms with E-state index in [-0.39, 0.29) is 23.9 Å². The minimum absolute atomic E-state index is 0.0450. The van der Waals surface area contributed by atoms with Crippen molar-refractivity contribution >= 4 is 34.9 Å². The van der Waals surface area contributed by atoms with E-state index >= 15 is 0 Å². The summed E-state index contributed by atoms with van der Waals surface area (Å²) in [6.07, 6.45) is 0.387. The molecule has 2 aromatic carbocycles. The summed E-state index contributed by atoms with van der Waals surface area (Å²) in [5.74, 6) is -0.529. The third-order valence-electron chi connectivity index (χ3n) is 4.75. The van der Waals surface area contributed by atoms with E-state index in [0.717, 1.165) is 11.1 Å². The first-order valence-electron chi connectivity index (χ1n) is 10.7. The van der Waals surface area contributed by atoms with E-state index in [4.69, 9.17) is 0 Å². The number of nitrogens with one attached hydrogen (secondary N) is 4. The lowest BCUT2D eigenvalue weighted by Crippen LogP contribution is -2.47. The van der Waals surface area contributed by atoms with Crippen LogP contribution in [0.2, 0.25) is 0 Å². The van der Waals surface area contributed by atoms with Crippen molar-refractivity contribution in [3.8, 4) is 0 Å². The molecule has 1 aromatic heterocycles. The SMILES string of the molecule is CC(C)NC(=O)Nc1ccc(CNC(=O)C(Cc2ccccc2)NC(=O)c2cccs2)cc1. The quantitative estimate of drug-likeness (QED) is 0.386. The maximum absolute atomic E-state index is 13.0. The van der Waals surface area contributed by atoms with E-state index in [1.807, 2.05) is 61.7 Å². The van der Waals surface area contributed by atoms with Gasteiger partial charge in [-0.3, -0.25) is 9.59 Å². The van der Waals surface area contributed by atoms with E-state index in [1.165, 1.54) is 11.3 Å². The van der Waals surface area contributed by atoms with Crippen LogP contribution in [-0.4, -0.2) is 29.9 Å². The van der Waals surface area contributed by atoms with Gasteiger partial charge in [0.15, 0.2) is 0 Å². The second kappa shape index (κ2) is 11.8. The molecule has 0 saturated heterocycles. The van der Waals surface area contributed by atoms with Gasteiger partial charge in [0.2, 0.25) is 5.91 Å². The molecule has 4 N–H and O–H groups in total. The highest BCUT2D eigenvalue weighted by molar-refractivity contribution is 7.12. The van der Waals surface area contributed by atoms with Crippen molar-refractivity contribution in [3.05, 3.63) is 88.1 Å². The molecule has 0 fully saturated rings. The van der Waals surface area contributed by atoms with Gasteiger partial charge in [0, 0.05) is 24.7 Å². The molecule has 1 unspecified atom stereocenters. The van der Waals surface area contributed by atoms with Gasteiger partial charge < -0.3 is 21.3 Å². The van der Waals surface area contributed by atoms with Crippen LogP contribution >= 0.6 is 11.3 Å². The Morgan fingerprint density at radius 3 is 2.21 bits per heavy atom. The summed E-state index contributed by atoms with van der Waals surface area (Å²) in [6, 6.07) is 19.4. The Labute approximate surface area is 197 Å². The molecule has 33 heavy (non-hydrogen) atoms. The zero-order valence-corrected chi connectivity index (χ0v) is 19.4. The monoisotopic (exact) mass is 464 g/mol. The second-order valence-electron chi connectivity index (χ2n) is 7.86. The number of benzene rings is 2. The number of urea groups is 1. The predicted molar refractivity (Wildman–Crippen MR) is 131 cm³/mol. The second-order valence-corrected chi connectivity index (χ2v) is 8.81. The number of thiophene rings is 1. The summed E-state index contributed by atoms with van der Waals surface area (Å²) < 4.78 is 0. The summed E-state index contributed by atoms with van der Waals surface area (Å²) in [7, 11) is 0. The first kappa shape index (κ1) is 24.0. The van der Waals surface area contributed by atoms with Crippen molar-refractivity contribution in [3.63, 3.8) is 0 Å². The third kappa shape index (κ3) is 7.76. The third-order valence-corrected chi connectivity index (χ3v) is 5.62. The predicted octanol–water partition coefficient (Wildman–Crippen LogP) is 3.94. The molecule has 3 aromatic rings. The Bertz CT molecular complexity index is 1050. The van der Waals surface area contributed by atoms with Gasteiger partial charge in [-0.15, -0.1) is 11.3 Å². The molecule has 1 atom stereocenters. The van der Waals surface area contributed by atoms with Gasteiger partial charge in [-0.1, -0.05) is 48.5 Å². The molecular formula is C25H28N4O3S. The molecule has 7 nitrogen and oxygen atoms in total. The molecular weight excluding hydrogens is 436 g/mol. The Kier molecular flexibility index (Phi) is 8.60. The fourth-order valence-corrected chi connectivity index (χ4v) is 3.77. The van der Waals surface area contributed by atoms with Crippen LogP contribution in [0.25, 0.3) is 0 Å². The number of hydrogen-bond donors (Lipinski definition) is 4. The van der Waals surface area contributed by atoms with Gasteiger partial charge >= 0.3 is 6.03 Å². The van der Waals surface area contributed by atoms with Crippen molar-refractivity contribution in [2.75, 3.05) is 5.32 Å². The number of hydrogen-bond acceptors (Lipinski definition) is 4. The molecule has 0 spiro atoms. The Morgan fingerprint density at radius 2 is 1.58 bits per heavy atom. The molecule has 0 saturated carbocycles. The van der Waals surface area contributed by atoms with E-state index < -0.39 is 6.04 Å². The molecule has 8 heteroatoms. The van der Waals surface area contributed by atoms with Crippen LogP contribution in [0.1, 0.15) is 34.6 Å². The molecule has 0 aliphatic rings. The molecule has 172 valence electrons. The van der Waals surface area contributed by atoms with E-state index in [1.54, 1.807) is 24.3 Å². The number of carbonyl (C=O) groups is 3. The lowest BCUT2D eigenvalue weighted by molar-refractivity contribution is -0.123. The van der Waals surface area contributed by atoms with Crippen molar-refractivity contribution in [1.82, 2.24) is 16.0 Å². The van der Waals surface area contributed by atoms with E-state index in [2.05, 4.69) is 21.3 Å². The Hall–Kier alpha value is -3.65. The summed E-state index contributed by atoms with van der Waals surface area (Å²) >= 11 is 1.33. The maximum atomic E-state index is 13.0. The van der Waals surface area contributed by atoms with Gasteiger partial charge in [-0.2, -0.15) is 0 Å². The molecule has 0 radical (unpaired) electrons. The van der Waals surface area contributed by atoms with Crippen LogP contribution < -0.4 is 21.3 Å². The zero-order chi connectivity index (χ0) is 23.6. The maximum Gasteiger partial charge on any atom is 0.319 e. The number of anilines is 1. The fraction of sp³-hybridized carbons (Fsp3) is 0.240. The summed E-state index contributed by atoms with van der Waals surface area (Å²) in [6.45, 7) is 4.08. The van der Waals surface area contributed by atoms with Crippen LogP contribution in [0.15, 0.2) is 72.1 Å². The Morgan fingerprint density at radius 1 is 0.848 bits per heavy atom. The van der Waals surface area contributed by atoms with Crippen LogP contribution in [0.3, 0.4) is 0 Å². The number of rotatable bonds is 9. The molecule has 4 amide bonds. The van der Waals surface area contributed by atoms with Crippen molar-refractivity contribution < 1.29 is 14.4 Å². The lowest BCUT2D eigenvalue weighted by Gasteiger charge is -2.18. The van der Waals surface area contributed by atoms with Crippen molar-refractivity contribution in [1.29, 1.82) is 0 Å². The largest absolute Gasteiger partial charge is 0.350 e. The number of amides is 4. The summed E-state index contributed by atoms with van der Waals surface area (Å²) in [5, 5.41) is 13.1. The van der Waals surface area contributed by atoms with Gasteiger partial charge in [0.05, 0.1) is 4.88 Å². The Balaban J connectivity index is 1.60. The summed E-state index contributed by atoms with van der Waals surface area (Å²) in [4.78, 5) is 37.9. The van der Waals surface area contributed by atoms with Gasteiger partial charge in [-0.25, -0.2) is 4.79 Å². The molecule has 1 heterocycles. The van der Waals surface area contributed by atoms with Gasteiger partial charge in [0.25, 0.3) is 5.91 Å². The highest BCUT2D eigenvalue weighted by atomic mass is 32.1. The average molecular weight is 465 g/mol. The molecule has 0 aliphatic carbocycles. The fourth-order valence-electron chi connectivity index (χ4n) is 3.14. The molecule has 3 rings (SSSR count). The van der Waals surface area contributed by atoms with Gasteiger partial charge in [-0.05, 0) is 48.6 Å². The van der Waals surface area contributed by atoms with Crippen molar-refractivity contribution in [2.45, 2.75) is 38.9 Å². The normalized spacial score (nSPS) is 11.5. The zero-order valence-electron chi connectivity index (χ0n) is 18.6. The molecule has 0 bridgehead atoms. The van der Waals surface area contributed by atoms with Crippen LogP contribution in [0, 0.1) is 0 Å². The minimum Gasteiger partial charge on any atom is -0.350 e. The smallest absolute Gasteiger partial charge is 0.319 e. The topological polar surface area (TPSA) is 99.3 Å². The standard InChI is InChI=1S/C25H28N4O3S/c1-17(2)27-25(32)28-20-12-10-19(11-13-20)16-26-23(30)21(15-18-7-4-3-5-8-18)29-24(31)22-9-6-14-33-22/h3-14,17,21H,15-16H2,1-2H3,(H,26,30)(H,29,31)(H2,27,28,32). The lowest BCUT2D eigenvalue weighted by atomic mass is 10.0. The van der Waals surface area contributed by atoms with Crippen molar-refractivity contribution in [2.24, 2.45) is 0 Å². The van der Waals surface area contributed by atoms with Crippen LogP contribution in [0.4, 0.5) is 10.5 Å². The first-order valence-corrected chi connectivity index (χ1v) is 11.6.